The standard InChI is InChI=1S/C75H61N/c1-73(2,3)55-38-41-64-65-42-39-56(74(4,5)6)48-71(65)75(70(64)47-55)68-36-22-20-34-63(68)67-49-57(40-43-69(67)75)76(58-45-53(50-24-10-7-11-25-50)44-54(46-58)51-26-12-8-13-27-51)72-37-23-21-35-66(72)62-33-19-18-32-61(62)60-31-17-16-30-59(60)52-28-14-9-15-29-52/h7-49H,1-6H3. The summed E-state index contributed by atoms with van der Waals surface area (Å²) in [7, 11) is 0. The van der Waals surface area contributed by atoms with Crippen LogP contribution in [0.4, 0.5) is 17.1 Å². The molecular formula is C75H61N. The number of hydrogen-bond acceptors (Lipinski definition) is 1. The van der Waals surface area contributed by atoms with Crippen LogP contribution in [0.25, 0.3) is 77.9 Å². The third-order valence-corrected chi connectivity index (χ3v) is 16.2. The molecule has 13 rings (SSSR count). The molecule has 0 bridgehead atoms. The van der Waals surface area contributed by atoms with Gasteiger partial charge in [-0.25, -0.2) is 0 Å². The maximum atomic E-state index is 2.54. The molecular weight excluding hydrogens is 915 g/mol. The van der Waals surface area contributed by atoms with Crippen LogP contribution in [0.2, 0.25) is 0 Å². The van der Waals surface area contributed by atoms with Crippen molar-refractivity contribution < 1.29 is 0 Å². The first kappa shape index (κ1) is 47.0. The third kappa shape index (κ3) is 7.76. The van der Waals surface area contributed by atoms with Crippen LogP contribution in [0, 0.1) is 0 Å². The Labute approximate surface area is 449 Å². The van der Waals surface area contributed by atoms with E-state index in [0.29, 0.717) is 0 Å². The van der Waals surface area contributed by atoms with Crippen molar-refractivity contribution in [1.29, 1.82) is 0 Å². The van der Waals surface area contributed by atoms with E-state index in [1.54, 1.807) is 0 Å². The van der Waals surface area contributed by atoms with Gasteiger partial charge in [-0.2, -0.15) is 0 Å². The Hall–Kier alpha value is -8.78. The van der Waals surface area contributed by atoms with E-state index in [2.05, 4.69) is 307 Å². The lowest BCUT2D eigenvalue weighted by Crippen LogP contribution is -2.27. The Morgan fingerprint density at radius 3 is 1.20 bits per heavy atom. The number of hydrogen-bond donors (Lipinski definition) is 0. The van der Waals surface area contributed by atoms with E-state index in [-0.39, 0.29) is 10.8 Å². The van der Waals surface area contributed by atoms with Crippen molar-refractivity contribution in [2.45, 2.75) is 57.8 Å². The predicted molar refractivity (Wildman–Crippen MR) is 322 cm³/mol. The molecule has 0 saturated heterocycles. The maximum absolute atomic E-state index is 2.54. The van der Waals surface area contributed by atoms with Gasteiger partial charge in [0, 0.05) is 16.9 Å². The Morgan fingerprint density at radius 2 is 0.658 bits per heavy atom. The molecule has 1 nitrogen and oxygen atoms in total. The molecule has 0 heterocycles. The lowest BCUT2D eigenvalue weighted by molar-refractivity contribution is 0.586. The minimum atomic E-state index is -0.515. The minimum absolute atomic E-state index is 0.0323. The summed E-state index contributed by atoms with van der Waals surface area (Å²) in [5.41, 5.74) is 27.7. The summed E-state index contributed by atoms with van der Waals surface area (Å²) in [5, 5.41) is 0. The van der Waals surface area contributed by atoms with E-state index in [1.807, 2.05) is 0 Å². The molecule has 76 heavy (non-hydrogen) atoms. The molecule has 0 unspecified atom stereocenters. The SMILES string of the molecule is CC(C)(C)c1ccc2c(c1)C1(c3ccccc3-c3cc(N(c4cc(-c5ccccc5)cc(-c5ccccc5)c4)c4ccccc4-c4ccccc4-c4ccccc4-c4ccccc4)ccc31)c1cc(C(C)(C)C)ccc1-2. The molecule has 366 valence electrons. The molecule has 11 aromatic rings. The second-order valence-corrected chi connectivity index (χ2v) is 22.9. The largest absolute Gasteiger partial charge is 0.310 e. The van der Waals surface area contributed by atoms with Crippen molar-refractivity contribution in [3.8, 4) is 77.9 Å². The van der Waals surface area contributed by atoms with Crippen LogP contribution in [0.5, 0.6) is 0 Å². The second-order valence-electron chi connectivity index (χ2n) is 22.9. The fraction of sp³-hybridized carbons (Fsp3) is 0.120. The molecule has 0 N–H and O–H groups in total. The molecule has 2 aliphatic carbocycles. The average Bonchev–Trinajstić information content (AvgIpc) is 3.93. The molecule has 0 fully saturated rings. The quantitative estimate of drug-likeness (QED) is 0.147. The van der Waals surface area contributed by atoms with Crippen molar-refractivity contribution in [3.05, 3.63) is 294 Å². The smallest absolute Gasteiger partial charge is 0.0725 e. The molecule has 11 aromatic carbocycles. The van der Waals surface area contributed by atoms with Gasteiger partial charge in [0.25, 0.3) is 0 Å². The first-order valence-corrected chi connectivity index (χ1v) is 26.9. The Kier molecular flexibility index (Phi) is 11.3. The molecule has 0 amide bonds. The van der Waals surface area contributed by atoms with E-state index in [4.69, 9.17) is 0 Å². The van der Waals surface area contributed by atoms with Gasteiger partial charge in [0.15, 0.2) is 0 Å². The van der Waals surface area contributed by atoms with E-state index in [1.165, 1.54) is 94.6 Å². The van der Waals surface area contributed by atoms with E-state index in [9.17, 15) is 0 Å². The lowest BCUT2D eigenvalue weighted by Gasteiger charge is -2.33. The first-order valence-electron chi connectivity index (χ1n) is 26.9. The molecule has 0 aliphatic heterocycles. The summed E-state index contributed by atoms with van der Waals surface area (Å²) in [6, 6.07) is 97.8. The van der Waals surface area contributed by atoms with Crippen LogP contribution < -0.4 is 4.90 Å². The Bertz CT molecular complexity index is 3880. The number of nitrogens with zero attached hydrogens (tertiary/aromatic N) is 1. The monoisotopic (exact) mass is 975 g/mol. The Balaban J connectivity index is 1.09. The van der Waals surface area contributed by atoms with E-state index >= 15 is 0 Å². The summed E-state index contributed by atoms with van der Waals surface area (Å²) in [5.74, 6) is 0. The summed E-state index contributed by atoms with van der Waals surface area (Å²) >= 11 is 0. The number of para-hydroxylation sites is 1. The van der Waals surface area contributed by atoms with Gasteiger partial charge < -0.3 is 4.90 Å². The van der Waals surface area contributed by atoms with Crippen molar-refractivity contribution in [2.24, 2.45) is 0 Å². The summed E-state index contributed by atoms with van der Waals surface area (Å²) in [6.45, 7) is 14.0. The second kappa shape index (κ2) is 18.3. The van der Waals surface area contributed by atoms with Crippen molar-refractivity contribution >= 4 is 17.1 Å². The van der Waals surface area contributed by atoms with Crippen LogP contribution in [-0.2, 0) is 16.2 Å². The molecule has 0 saturated carbocycles. The molecule has 0 aromatic heterocycles. The van der Waals surface area contributed by atoms with Crippen LogP contribution in [0.1, 0.15) is 74.9 Å². The fourth-order valence-electron chi connectivity index (χ4n) is 12.4. The summed E-state index contributed by atoms with van der Waals surface area (Å²) in [6.07, 6.45) is 0. The molecule has 1 spiro atoms. The zero-order valence-corrected chi connectivity index (χ0v) is 44.3. The van der Waals surface area contributed by atoms with E-state index < -0.39 is 5.41 Å². The number of fused-ring (bicyclic) bond motifs is 10. The number of rotatable bonds is 8. The van der Waals surface area contributed by atoms with Crippen LogP contribution in [0.3, 0.4) is 0 Å². The van der Waals surface area contributed by atoms with Gasteiger partial charge in [-0.1, -0.05) is 266 Å². The number of benzene rings is 11. The van der Waals surface area contributed by atoms with Gasteiger partial charge in [0.1, 0.15) is 0 Å². The predicted octanol–water partition coefficient (Wildman–Crippen LogP) is 20.4. The molecule has 0 atom stereocenters. The lowest BCUT2D eigenvalue weighted by atomic mass is 9.69. The van der Waals surface area contributed by atoms with Gasteiger partial charge in [-0.15, -0.1) is 0 Å². The normalized spacial score (nSPS) is 13.0. The highest BCUT2D eigenvalue weighted by Gasteiger charge is 2.52. The molecule has 2 aliphatic rings. The maximum Gasteiger partial charge on any atom is 0.0725 e. The Morgan fingerprint density at radius 1 is 0.250 bits per heavy atom. The zero-order chi connectivity index (χ0) is 51.8. The van der Waals surface area contributed by atoms with Crippen LogP contribution >= 0.6 is 0 Å². The van der Waals surface area contributed by atoms with Gasteiger partial charge in [-0.05, 0) is 153 Å². The van der Waals surface area contributed by atoms with Gasteiger partial charge >= 0.3 is 0 Å². The van der Waals surface area contributed by atoms with Gasteiger partial charge in [0.2, 0.25) is 0 Å². The van der Waals surface area contributed by atoms with Gasteiger partial charge in [0.05, 0.1) is 11.1 Å². The van der Waals surface area contributed by atoms with E-state index in [0.717, 1.165) is 33.8 Å². The van der Waals surface area contributed by atoms with Crippen LogP contribution in [-0.4, -0.2) is 0 Å². The molecule has 1 heteroatoms. The summed E-state index contributed by atoms with van der Waals surface area (Å²) < 4.78 is 0. The average molecular weight is 976 g/mol. The zero-order valence-electron chi connectivity index (χ0n) is 44.3. The highest BCUT2D eigenvalue weighted by molar-refractivity contribution is 6.00. The van der Waals surface area contributed by atoms with Crippen molar-refractivity contribution in [3.63, 3.8) is 0 Å². The highest BCUT2D eigenvalue weighted by Crippen LogP contribution is 2.64. The van der Waals surface area contributed by atoms with Crippen molar-refractivity contribution in [2.75, 3.05) is 4.90 Å². The van der Waals surface area contributed by atoms with Gasteiger partial charge in [-0.3, -0.25) is 0 Å². The highest BCUT2D eigenvalue weighted by atomic mass is 15.1. The number of anilines is 3. The third-order valence-electron chi connectivity index (χ3n) is 16.2. The van der Waals surface area contributed by atoms with Crippen molar-refractivity contribution in [1.82, 2.24) is 0 Å². The van der Waals surface area contributed by atoms with Crippen LogP contribution in [0.15, 0.2) is 261 Å². The first-order chi connectivity index (χ1) is 37.0. The summed E-state index contributed by atoms with van der Waals surface area (Å²) in [4.78, 5) is 2.54. The topological polar surface area (TPSA) is 3.24 Å². The molecule has 0 radical (unpaired) electrons. The fourth-order valence-corrected chi connectivity index (χ4v) is 12.4. The minimum Gasteiger partial charge on any atom is -0.310 e.